The predicted octanol–water partition coefficient (Wildman–Crippen LogP) is 7.07. The fourth-order valence-electron chi connectivity index (χ4n) is 5.70. The van der Waals surface area contributed by atoms with Gasteiger partial charge in [0.25, 0.3) is 11.8 Å². The lowest BCUT2D eigenvalue weighted by Gasteiger charge is -2.37. The van der Waals surface area contributed by atoms with Crippen LogP contribution in [0.4, 0.5) is 22.0 Å². The van der Waals surface area contributed by atoms with Gasteiger partial charge in [0.15, 0.2) is 11.2 Å². The second-order valence-electron chi connectivity index (χ2n) is 10.8. The zero-order chi connectivity index (χ0) is 28.1. The summed E-state index contributed by atoms with van der Waals surface area (Å²) in [6.45, 7) is 3.96. The highest BCUT2D eigenvalue weighted by Crippen LogP contribution is 2.48. The molecule has 210 valence electrons. The third-order valence-electron chi connectivity index (χ3n) is 8.07. The number of benzene rings is 1. The van der Waals surface area contributed by atoms with Gasteiger partial charge >= 0.3 is 6.18 Å². The zero-order valence-electron chi connectivity index (χ0n) is 21.7. The summed E-state index contributed by atoms with van der Waals surface area (Å²) < 4.78 is 74.7. The van der Waals surface area contributed by atoms with Crippen molar-refractivity contribution in [3.05, 3.63) is 58.9 Å². The quantitative estimate of drug-likeness (QED) is 0.367. The minimum atomic E-state index is -4.70. The van der Waals surface area contributed by atoms with Crippen molar-refractivity contribution in [3.8, 4) is 0 Å². The highest BCUT2D eigenvalue weighted by atomic mass is 19.4. The van der Waals surface area contributed by atoms with Crippen molar-refractivity contribution in [2.45, 2.75) is 75.2 Å². The van der Waals surface area contributed by atoms with E-state index in [0.29, 0.717) is 24.2 Å². The summed E-state index contributed by atoms with van der Waals surface area (Å²) in [6.07, 6.45) is 0.0255. The third-order valence-corrected chi connectivity index (χ3v) is 8.07. The maximum absolute atomic E-state index is 13.8. The van der Waals surface area contributed by atoms with Crippen LogP contribution in [0.5, 0.6) is 0 Å². The number of amides is 1. The average Bonchev–Trinajstić information content (AvgIpc) is 3.58. The fourth-order valence-corrected chi connectivity index (χ4v) is 5.70. The normalized spacial score (nSPS) is 30.3. The smallest absolute Gasteiger partial charge is 0.375 e. The van der Waals surface area contributed by atoms with E-state index in [1.165, 1.54) is 17.2 Å². The van der Waals surface area contributed by atoms with Gasteiger partial charge in [-0.3, -0.25) is 4.79 Å². The summed E-state index contributed by atoms with van der Waals surface area (Å²) in [6, 6.07) is 4.74. The number of nitrogens with zero attached hydrogens (tertiary/aromatic N) is 5. The molecular formula is C27H30F5N5O2. The molecule has 2 saturated heterocycles. The number of piperidine rings is 1. The third kappa shape index (κ3) is 4.92. The van der Waals surface area contributed by atoms with Crippen molar-refractivity contribution in [2.24, 2.45) is 26.4 Å². The van der Waals surface area contributed by atoms with Crippen LogP contribution in [0.2, 0.25) is 0 Å². The first-order valence-corrected chi connectivity index (χ1v) is 13.1. The van der Waals surface area contributed by atoms with E-state index in [1.807, 2.05) is 13.8 Å². The first-order chi connectivity index (χ1) is 18.4. The number of hydrogen-bond donors (Lipinski definition) is 0. The van der Waals surface area contributed by atoms with Gasteiger partial charge in [-0.2, -0.15) is 28.5 Å². The summed E-state index contributed by atoms with van der Waals surface area (Å²) in [5, 5.41) is 16.2. The van der Waals surface area contributed by atoms with Gasteiger partial charge in [0.1, 0.15) is 5.54 Å². The number of hydrogen-bond acceptors (Lipinski definition) is 6. The van der Waals surface area contributed by atoms with Crippen LogP contribution in [0.3, 0.4) is 0 Å². The minimum Gasteiger partial charge on any atom is -0.375 e. The Kier molecular flexibility index (Phi) is 6.97. The Hall–Kier alpha value is -3.02. The van der Waals surface area contributed by atoms with Crippen molar-refractivity contribution in [1.82, 2.24) is 4.90 Å². The Morgan fingerprint density at radius 3 is 2.44 bits per heavy atom. The molecule has 12 heteroatoms. The number of ether oxygens (including phenoxy) is 1. The SMILES string of the molecule is CC(C)C1(c2cc(C3(C4CCCCO4)C=C(C(F)(F)F)N=N3)ccc2C(=O)N2CCC(F)(F)CC2)C=CN=N1. The Morgan fingerprint density at radius 1 is 1.13 bits per heavy atom. The number of carbonyl (C=O) groups is 1. The summed E-state index contributed by atoms with van der Waals surface area (Å²) in [4.78, 5) is 15.1. The second kappa shape index (κ2) is 9.87. The number of carbonyl (C=O) groups excluding carboxylic acids is 1. The number of likely N-dealkylation sites (tertiary alicyclic amines) is 1. The van der Waals surface area contributed by atoms with Gasteiger partial charge < -0.3 is 9.64 Å². The van der Waals surface area contributed by atoms with E-state index in [-0.39, 0.29) is 24.6 Å². The van der Waals surface area contributed by atoms with Crippen LogP contribution in [0.15, 0.2) is 62.7 Å². The van der Waals surface area contributed by atoms with E-state index in [0.717, 1.165) is 18.9 Å². The van der Waals surface area contributed by atoms with E-state index >= 15 is 0 Å². The Morgan fingerprint density at radius 2 is 1.87 bits per heavy atom. The molecular weight excluding hydrogens is 521 g/mol. The molecule has 2 fully saturated rings. The van der Waals surface area contributed by atoms with Gasteiger partial charge in [0, 0.05) is 44.3 Å². The van der Waals surface area contributed by atoms with Gasteiger partial charge in [-0.05, 0) is 60.6 Å². The van der Waals surface area contributed by atoms with Crippen LogP contribution in [0.25, 0.3) is 0 Å². The van der Waals surface area contributed by atoms with Crippen LogP contribution in [-0.2, 0) is 15.8 Å². The number of alkyl halides is 5. The number of azo groups is 2. The minimum absolute atomic E-state index is 0.106. The molecule has 0 aliphatic carbocycles. The first-order valence-electron chi connectivity index (χ1n) is 13.1. The summed E-state index contributed by atoms with van der Waals surface area (Å²) in [7, 11) is 0. The average molecular weight is 552 g/mol. The lowest BCUT2D eigenvalue weighted by atomic mass is 9.74. The monoisotopic (exact) mass is 551 g/mol. The highest BCUT2D eigenvalue weighted by Gasteiger charge is 2.50. The molecule has 5 rings (SSSR count). The van der Waals surface area contributed by atoms with E-state index in [9.17, 15) is 26.7 Å². The zero-order valence-corrected chi connectivity index (χ0v) is 21.7. The number of halogens is 5. The fraction of sp³-hybridized carbons (Fsp3) is 0.593. The molecule has 1 aromatic rings. The summed E-state index contributed by atoms with van der Waals surface area (Å²) >= 11 is 0. The van der Waals surface area contributed by atoms with Gasteiger partial charge in [0.05, 0.1) is 6.10 Å². The molecule has 0 spiro atoms. The first kappa shape index (κ1) is 27.5. The maximum atomic E-state index is 13.8. The maximum Gasteiger partial charge on any atom is 0.434 e. The second-order valence-corrected chi connectivity index (χ2v) is 10.8. The van der Waals surface area contributed by atoms with Crippen molar-refractivity contribution < 1.29 is 31.5 Å². The van der Waals surface area contributed by atoms with Crippen molar-refractivity contribution in [3.63, 3.8) is 0 Å². The van der Waals surface area contributed by atoms with Crippen molar-refractivity contribution in [1.29, 1.82) is 0 Å². The van der Waals surface area contributed by atoms with Crippen molar-refractivity contribution >= 4 is 5.91 Å². The predicted molar refractivity (Wildman–Crippen MR) is 131 cm³/mol. The molecule has 4 aliphatic rings. The van der Waals surface area contributed by atoms with Gasteiger partial charge in [-0.15, -0.1) is 5.11 Å². The molecule has 0 aromatic heterocycles. The lowest BCUT2D eigenvalue weighted by molar-refractivity contribution is -0.0927. The standard InChI is InChI=1S/C27H30F5N5O2/c1-17(2)25(8-11-33-35-25)20-15-18(6-7-19(20)23(38)37-12-9-24(28,29)10-13-37)26(22-5-3-4-14-39-22)16-21(34-36-26)27(30,31)32/h6-8,11,15-17,22H,3-5,9-10,12-14H2,1-2H3. The molecule has 4 aliphatic heterocycles. The van der Waals surface area contributed by atoms with Gasteiger partial charge in [0.2, 0.25) is 0 Å². The largest absolute Gasteiger partial charge is 0.434 e. The van der Waals surface area contributed by atoms with E-state index in [1.54, 1.807) is 18.2 Å². The molecule has 0 radical (unpaired) electrons. The highest BCUT2D eigenvalue weighted by molar-refractivity contribution is 5.96. The topological polar surface area (TPSA) is 79.0 Å². The van der Waals surface area contributed by atoms with Crippen LogP contribution in [-0.4, -0.2) is 48.7 Å². The van der Waals surface area contributed by atoms with Crippen LogP contribution >= 0.6 is 0 Å². The van der Waals surface area contributed by atoms with Crippen molar-refractivity contribution in [2.75, 3.05) is 19.7 Å². The van der Waals surface area contributed by atoms with E-state index in [2.05, 4.69) is 20.5 Å². The molecule has 4 heterocycles. The molecule has 1 amide bonds. The molecule has 7 nitrogen and oxygen atoms in total. The Labute approximate surface area is 222 Å². The van der Waals surface area contributed by atoms with Gasteiger partial charge in [-0.1, -0.05) is 19.9 Å². The Balaban J connectivity index is 1.65. The molecule has 1 aromatic carbocycles. The van der Waals surface area contributed by atoms with Gasteiger partial charge in [-0.25, -0.2) is 8.78 Å². The molecule has 0 bridgehead atoms. The van der Waals surface area contributed by atoms with Crippen LogP contribution in [0.1, 0.15) is 67.4 Å². The van der Waals surface area contributed by atoms with E-state index in [4.69, 9.17) is 4.74 Å². The lowest BCUT2D eigenvalue weighted by Crippen LogP contribution is -2.44. The number of rotatable bonds is 5. The molecule has 39 heavy (non-hydrogen) atoms. The number of allylic oxidation sites excluding steroid dienone is 1. The van der Waals surface area contributed by atoms with Crippen LogP contribution in [0, 0.1) is 5.92 Å². The molecule has 3 unspecified atom stereocenters. The van der Waals surface area contributed by atoms with Crippen LogP contribution < -0.4 is 0 Å². The van der Waals surface area contributed by atoms with E-state index < -0.39 is 53.7 Å². The Bertz CT molecular complexity index is 1230. The molecule has 3 atom stereocenters. The summed E-state index contributed by atoms with van der Waals surface area (Å²) in [5.41, 5.74) is -2.70. The molecule has 0 N–H and O–H groups in total. The summed E-state index contributed by atoms with van der Waals surface area (Å²) in [5.74, 6) is -3.46. The molecule has 0 saturated carbocycles.